The number of carbonyl (C=O) groups is 1. The van der Waals surface area contributed by atoms with E-state index in [1.807, 2.05) is 25.1 Å². The highest BCUT2D eigenvalue weighted by atomic mass is 79.9. The number of rotatable bonds is 5. The van der Waals surface area contributed by atoms with Crippen molar-refractivity contribution < 1.29 is 4.79 Å². The molecule has 90 valence electrons. The van der Waals surface area contributed by atoms with Gasteiger partial charge >= 0.3 is 0 Å². The van der Waals surface area contributed by atoms with Crippen molar-refractivity contribution in [1.29, 1.82) is 0 Å². The van der Waals surface area contributed by atoms with Crippen LogP contribution in [-0.2, 0) is 4.79 Å². The van der Waals surface area contributed by atoms with E-state index in [-0.39, 0.29) is 5.91 Å². The van der Waals surface area contributed by atoms with Gasteiger partial charge in [-0.25, -0.2) is 0 Å². The van der Waals surface area contributed by atoms with E-state index >= 15 is 0 Å². The molecule has 0 saturated carbocycles. The van der Waals surface area contributed by atoms with E-state index in [1.54, 1.807) is 0 Å². The molecule has 0 aliphatic carbocycles. The van der Waals surface area contributed by atoms with E-state index in [4.69, 9.17) is 6.42 Å². The molecular formula is C14H16BrNO. The first-order chi connectivity index (χ1) is 8.13. The van der Waals surface area contributed by atoms with Crippen molar-refractivity contribution in [3.63, 3.8) is 0 Å². The first-order valence-electron chi connectivity index (χ1n) is 5.63. The Morgan fingerprint density at radius 3 is 2.88 bits per heavy atom. The molecule has 0 radical (unpaired) electrons. The summed E-state index contributed by atoms with van der Waals surface area (Å²) in [6.45, 7) is 1.99. The Bertz CT molecular complexity index is 434. The first kappa shape index (κ1) is 13.8. The van der Waals surface area contributed by atoms with Crippen molar-refractivity contribution in [3.05, 3.63) is 28.2 Å². The van der Waals surface area contributed by atoms with Crippen LogP contribution in [0, 0.1) is 19.3 Å². The third-order valence-corrected chi connectivity index (χ3v) is 3.31. The van der Waals surface area contributed by atoms with Gasteiger partial charge in [-0.15, -0.1) is 12.3 Å². The number of hydrogen-bond donors (Lipinski definition) is 1. The number of nitrogens with one attached hydrogen (secondary N) is 1. The van der Waals surface area contributed by atoms with Crippen LogP contribution in [0.4, 0.5) is 5.69 Å². The third-order valence-electron chi connectivity index (χ3n) is 2.42. The van der Waals surface area contributed by atoms with Crippen molar-refractivity contribution in [2.24, 2.45) is 0 Å². The van der Waals surface area contributed by atoms with Gasteiger partial charge < -0.3 is 5.32 Å². The zero-order chi connectivity index (χ0) is 12.7. The smallest absolute Gasteiger partial charge is 0.224 e. The molecule has 0 aliphatic rings. The van der Waals surface area contributed by atoms with E-state index in [9.17, 15) is 4.79 Å². The minimum atomic E-state index is 0.0451. The average Bonchev–Trinajstić information content (AvgIpc) is 2.30. The molecule has 1 amide bonds. The first-order valence-corrected chi connectivity index (χ1v) is 6.42. The molecule has 0 bridgehead atoms. The Morgan fingerprint density at radius 2 is 2.24 bits per heavy atom. The highest BCUT2D eigenvalue weighted by Gasteiger charge is 2.03. The molecule has 0 spiro atoms. The SMILES string of the molecule is C#CCCCCC(=O)Nc1ccc(Br)c(C)c1. The maximum absolute atomic E-state index is 11.6. The fourth-order valence-electron chi connectivity index (χ4n) is 1.46. The maximum atomic E-state index is 11.6. The summed E-state index contributed by atoms with van der Waals surface area (Å²) in [6.07, 6.45) is 8.15. The van der Waals surface area contributed by atoms with Gasteiger partial charge in [0.25, 0.3) is 0 Å². The number of hydrogen-bond acceptors (Lipinski definition) is 1. The highest BCUT2D eigenvalue weighted by Crippen LogP contribution is 2.20. The van der Waals surface area contributed by atoms with Gasteiger partial charge in [0, 0.05) is 23.0 Å². The standard InChI is InChI=1S/C14H16BrNO/c1-3-4-5-6-7-14(17)16-12-8-9-13(15)11(2)10-12/h1,8-10H,4-7H2,2H3,(H,16,17). The predicted octanol–water partition coefficient (Wildman–Crippen LogP) is 3.89. The van der Waals surface area contributed by atoms with Gasteiger partial charge in [0.1, 0.15) is 0 Å². The zero-order valence-electron chi connectivity index (χ0n) is 9.92. The fourth-order valence-corrected chi connectivity index (χ4v) is 1.71. The quantitative estimate of drug-likeness (QED) is 0.648. The lowest BCUT2D eigenvalue weighted by molar-refractivity contribution is -0.116. The van der Waals surface area contributed by atoms with Crippen molar-refractivity contribution in [2.45, 2.75) is 32.6 Å². The molecular weight excluding hydrogens is 278 g/mol. The summed E-state index contributed by atoms with van der Waals surface area (Å²) >= 11 is 3.42. The van der Waals surface area contributed by atoms with Gasteiger partial charge in [0.2, 0.25) is 5.91 Å². The van der Waals surface area contributed by atoms with Crippen molar-refractivity contribution in [3.8, 4) is 12.3 Å². The van der Waals surface area contributed by atoms with Gasteiger partial charge in [0.05, 0.1) is 0 Å². The van der Waals surface area contributed by atoms with Crippen LogP contribution in [0.15, 0.2) is 22.7 Å². The third kappa shape index (κ3) is 5.06. The van der Waals surface area contributed by atoms with Crippen molar-refractivity contribution in [2.75, 3.05) is 5.32 Å². The van der Waals surface area contributed by atoms with E-state index < -0.39 is 0 Å². The van der Waals surface area contributed by atoms with E-state index in [1.165, 1.54) is 0 Å². The lowest BCUT2D eigenvalue weighted by atomic mass is 10.2. The number of anilines is 1. The van der Waals surface area contributed by atoms with Crippen LogP contribution in [0.25, 0.3) is 0 Å². The number of terminal acetylenes is 1. The summed E-state index contributed by atoms with van der Waals surface area (Å²) in [5.74, 6) is 2.61. The van der Waals surface area contributed by atoms with Crippen LogP contribution in [0.1, 0.15) is 31.2 Å². The van der Waals surface area contributed by atoms with Gasteiger partial charge in [-0.3, -0.25) is 4.79 Å². The minimum absolute atomic E-state index is 0.0451. The largest absolute Gasteiger partial charge is 0.326 e. The second kappa shape index (κ2) is 7.13. The minimum Gasteiger partial charge on any atom is -0.326 e. The molecule has 0 unspecified atom stereocenters. The van der Waals surface area contributed by atoms with Crippen LogP contribution < -0.4 is 5.32 Å². The monoisotopic (exact) mass is 293 g/mol. The number of unbranched alkanes of at least 4 members (excludes halogenated alkanes) is 2. The summed E-state index contributed by atoms with van der Waals surface area (Å²) < 4.78 is 1.05. The Hall–Kier alpha value is -1.27. The van der Waals surface area contributed by atoms with Crippen molar-refractivity contribution in [1.82, 2.24) is 0 Å². The fraction of sp³-hybridized carbons (Fsp3) is 0.357. The summed E-state index contributed by atoms with van der Waals surface area (Å²) in [6, 6.07) is 5.77. The van der Waals surface area contributed by atoms with Crippen LogP contribution in [0.5, 0.6) is 0 Å². The van der Waals surface area contributed by atoms with Gasteiger partial charge in [-0.2, -0.15) is 0 Å². The second-order valence-corrected chi connectivity index (χ2v) is 4.78. The molecule has 2 nitrogen and oxygen atoms in total. The van der Waals surface area contributed by atoms with E-state index in [0.717, 1.165) is 35.0 Å². The molecule has 0 fully saturated rings. The molecule has 1 aromatic carbocycles. The Morgan fingerprint density at radius 1 is 1.47 bits per heavy atom. The van der Waals surface area contributed by atoms with E-state index in [2.05, 4.69) is 27.2 Å². The van der Waals surface area contributed by atoms with Crippen LogP contribution >= 0.6 is 15.9 Å². The predicted molar refractivity (Wildman–Crippen MR) is 74.8 cm³/mol. The molecule has 0 atom stereocenters. The number of aryl methyl sites for hydroxylation is 1. The zero-order valence-corrected chi connectivity index (χ0v) is 11.5. The normalized spacial score (nSPS) is 9.71. The van der Waals surface area contributed by atoms with Gasteiger partial charge in [0.15, 0.2) is 0 Å². The Kier molecular flexibility index (Phi) is 5.79. The van der Waals surface area contributed by atoms with Gasteiger partial charge in [-0.05, 0) is 43.5 Å². The van der Waals surface area contributed by atoms with E-state index in [0.29, 0.717) is 6.42 Å². The maximum Gasteiger partial charge on any atom is 0.224 e. The summed E-state index contributed by atoms with van der Waals surface area (Å²) in [7, 11) is 0. The molecule has 3 heteroatoms. The number of benzene rings is 1. The molecule has 17 heavy (non-hydrogen) atoms. The lowest BCUT2D eigenvalue weighted by Gasteiger charge is -2.06. The summed E-state index contributed by atoms with van der Waals surface area (Å²) in [5, 5.41) is 2.88. The molecule has 1 aromatic rings. The van der Waals surface area contributed by atoms with Crippen LogP contribution in [0.2, 0.25) is 0 Å². The lowest BCUT2D eigenvalue weighted by Crippen LogP contribution is -2.11. The van der Waals surface area contributed by atoms with Crippen molar-refractivity contribution >= 4 is 27.5 Å². The summed E-state index contributed by atoms with van der Waals surface area (Å²) in [5.41, 5.74) is 1.95. The number of halogens is 1. The molecule has 1 N–H and O–H groups in total. The number of amides is 1. The molecule has 0 saturated heterocycles. The topological polar surface area (TPSA) is 29.1 Å². The highest BCUT2D eigenvalue weighted by molar-refractivity contribution is 9.10. The molecule has 0 heterocycles. The van der Waals surface area contributed by atoms with Gasteiger partial charge in [-0.1, -0.05) is 15.9 Å². The molecule has 0 aromatic heterocycles. The van der Waals surface area contributed by atoms with Crippen LogP contribution in [-0.4, -0.2) is 5.91 Å². The second-order valence-electron chi connectivity index (χ2n) is 3.92. The Balaban J connectivity index is 2.40. The average molecular weight is 294 g/mol. The summed E-state index contributed by atoms with van der Waals surface area (Å²) in [4.78, 5) is 11.6. The molecule has 1 rings (SSSR count). The Labute approximate surface area is 111 Å². The number of carbonyl (C=O) groups excluding carboxylic acids is 1. The van der Waals surface area contributed by atoms with Crippen LogP contribution in [0.3, 0.4) is 0 Å². The molecule has 0 aliphatic heterocycles.